The quantitative estimate of drug-likeness (QED) is 0.227. The van der Waals surface area contributed by atoms with Crippen molar-refractivity contribution in [1.82, 2.24) is 0 Å². The summed E-state index contributed by atoms with van der Waals surface area (Å²) in [6.45, 7) is 0.356. The normalized spacial score (nSPS) is 10.8. The maximum absolute atomic E-state index is 13.5. The molecular weight excluding hydrogens is 453 g/mol. The van der Waals surface area contributed by atoms with Gasteiger partial charge in [0.1, 0.15) is 33.8 Å². The Morgan fingerprint density at radius 3 is 2.67 bits per heavy atom. The first-order valence-electron chi connectivity index (χ1n) is 8.59. The van der Waals surface area contributed by atoms with E-state index in [-0.39, 0.29) is 30.3 Å². The van der Waals surface area contributed by atoms with Gasteiger partial charge in [0, 0.05) is 30.0 Å². The number of carbonyl (C=O) groups is 1. The lowest BCUT2D eigenvalue weighted by molar-refractivity contribution is 0.0385. The van der Waals surface area contributed by atoms with Gasteiger partial charge in [0.05, 0.1) is 10.8 Å². The highest BCUT2D eigenvalue weighted by Gasteiger charge is 2.16. The van der Waals surface area contributed by atoms with Gasteiger partial charge in [-0.3, -0.25) is 0 Å². The Balaban J connectivity index is 1.68. The number of aromatic hydroxyl groups is 2. The van der Waals surface area contributed by atoms with Crippen LogP contribution in [0.3, 0.4) is 0 Å². The van der Waals surface area contributed by atoms with Crippen molar-refractivity contribution in [2.24, 2.45) is 0 Å². The van der Waals surface area contributed by atoms with E-state index in [9.17, 15) is 19.4 Å². The molecule has 158 valence electrons. The molecule has 0 amide bonds. The van der Waals surface area contributed by atoms with Gasteiger partial charge in [0.25, 0.3) is 0 Å². The van der Waals surface area contributed by atoms with Gasteiger partial charge < -0.3 is 24.4 Å². The Bertz CT molecular complexity index is 1060. The van der Waals surface area contributed by atoms with Gasteiger partial charge in [-0.1, -0.05) is 11.6 Å². The fourth-order valence-corrected chi connectivity index (χ4v) is 4.72. The molecule has 0 saturated heterocycles. The van der Waals surface area contributed by atoms with Crippen LogP contribution < -0.4 is 4.72 Å². The smallest absolute Gasteiger partial charge is 0.341 e. The number of phenols is 2. The monoisotopic (exact) mass is 469 g/mol. The number of hydrogen-bond acceptors (Lipinski definition) is 8. The second-order valence-electron chi connectivity index (χ2n) is 5.98. The highest BCUT2D eigenvalue weighted by molar-refractivity contribution is 8.02. The van der Waals surface area contributed by atoms with E-state index in [1.54, 1.807) is 12.1 Å². The third-order valence-electron chi connectivity index (χ3n) is 3.92. The van der Waals surface area contributed by atoms with E-state index in [0.717, 1.165) is 4.21 Å². The standard InChI is InChI=1S/C20H17ClFNO5S2/c1-27-6-7-28-20(26)13-4-3-12(9-17(13)25)23-30-18-10-15(19(21)29-18)14-8-11(22)2-5-16(14)24/h2-5,8-10,23-25H,6-7H2,1H3. The molecule has 1 heterocycles. The minimum Gasteiger partial charge on any atom is -0.507 e. The van der Waals surface area contributed by atoms with Crippen LogP contribution in [-0.4, -0.2) is 36.5 Å². The Morgan fingerprint density at radius 2 is 1.93 bits per heavy atom. The second kappa shape index (κ2) is 10.0. The molecule has 2 aromatic carbocycles. The van der Waals surface area contributed by atoms with Gasteiger partial charge in [-0.05, 0) is 48.3 Å². The van der Waals surface area contributed by atoms with Crippen molar-refractivity contribution in [2.75, 3.05) is 25.0 Å². The van der Waals surface area contributed by atoms with Crippen LogP contribution >= 0.6 is 34.9 Å². The molecule has 1 aromatic heterocycles. The van der Waals surface area contributed by atoms with Crippen LogP contribution in [-0.2, 0) is 9.47 Å². The van der Waals surface area contributed by atoms with Crippen molar-refractivity contribution >= 4 is 46.5 Å². The Kier molecular flexibility index (Phi) is 7.43. The molecule has 0 aliphatic heterocycles. The van der Waals surface area contributed by atoms with Crippen molar-refractivity contribution in [3.63, 3.8) is 0 Å². The summed E-state index contributed by atoms with van der Waals surface area (Å²) < 4.78 is 27.5. The van der Waals surface area contributed by atoms with Gasteiger partial charge >= 0.3 is 5.97 Å². The third kappa shape index (κ3) is 5.37. The summed E-state index contributed by atoms with van der Waals surface area (Å²) in [6.07, 6.45) is 0. The topological polar surface area (TPSA) is 88.0 Å². The largest absolute Gasteiger partial charge is 0.507 e. The average molecular weight is 470 g/mol. The Labute approximate surface area is 185 Å². The van der Waals surface area contributed by atoms with E-state index in [1.165, 1.54) is 60.7 Å². The lowest BCUT2D eigenvalue weighted by Crippen LogP contribution is -2.10. The number of esters is 1. The summed E-state index contributed by atoms with van der Waals surface area (Å²) >= 11 is 8.73. The number of hydrogen-bond donors (Lipinski definition) is 3. The molecule has 3 N–H and O–H groups in total. The van der Waals surface area contributed by atoms with Gasteiger partial charge in [-0.15, -0.1) is 11.3 Å². The van der Waals surface area contributed by atoms with Crippen LogP contribution in [0.25, 0.3) is 11.1 Å². The molecule has 0 fully saturated rings. The maximum Gasteiger partial charge on any atom is 0.341 e. The lowest BCUT2D eigenvalue weighted by atomic mass is 10.1. The predicted molar refractivity (Wildman–Crippen MR) is 116 cm³/mol. The fraction of sp³-hybridized carbons (Fsp3) is 0.150. The molecule has 10 heteroatoms. The Morgan fingerprint density at radius 1 is 1.13 bits per heavy atom. The number of thiophene rings is 1. The second-order valence-corrected chi connectivity index (χ2v) is 8.74. The van der Waals surface area contributed by atoms with Crippen LogP contribution in [0, 0.1) is 5.82 Å². The highest BCUT2D eigenvalue weighted by Crippen LogP contribution is 2.43. The van der Waals surface area contributed by atoms with Crippen LogP contribution in [0.2, 0.25) is 4.34 Å². The van der Waals surface area contributed by atoms with Crippen LogP contribution in [0.4, 0.5) is 10.1 Å². The number of benzene rings is 2. The molecule has 3 rings (SSSR count). The van der Waals surface area contributed by atoms with E-state index in [1.807, 2.05) is 0 Å². The predicted octanol–water partition coefficient (Wildman–Crippen LogP) is 5.54. The lowest BCUT2D eigenvalue weighted by Gasteiger charge is -2.08. The molecule has 6 nitrogen and oxygen atoms in total. The molecule has 0 aliphatic rings. The van der Waals surface area contributed by atoms with E-state index in [0.29, 0.717) is 21.2 Å². The zero-order chi connectivity index (χ0) is 21.7. The highest BCUT2D eigenvalue weighted by atomic mass is 35.5. The number of halogens is 2. The van der Waals surface area contributed by atoms with E-state index in [4.69, 9.17) is 21.1 Å². The van der Waals surface area contributed by atoms with Crippen molar-refractivity contribution < 1.29 is 28.9 Å². The molecule has 0 spiro atoms. The summed E-state index contributed by atoms with van der Waals surface area (Å²) in [5.41, 5.74) is 1.41. The third-order valence-corrected chi connectivity index (χ3v) is 6.23. The van der Waals surface area contributed by atoms with Crippen LogP contribution in [0.5, 0.6) is 11.5 Å². The van der Waals surface area contributed by atoms with Crippen molar-refractivity contribution in [1.29, 1.82) is 0 Å². The number of phenolic OH excluding ortho intramolecular Hbond substituents is 2. The number of anilines is 1. The van der Waals surface area contributed by atoms with Gasteiger partial charge in [0.2, 0.25) is 0 Å². The summed E-state index contributed by atoms with van der Waals surface area (Å²) in [5.74, 6) is -1.42. The molecule has 3 aromatic rings. The molecule has 30 heavy (non-hydrogen) atoms. The van der Waals surface area contributed by atoms with Crippen molar-refractivity contribution in [2.45, 2.75) is 4.21 Å². The maximum atomic E-state index is 13.5. The van der Waals surface area contributed by atoms with Crippen LogP contribution in [0.1, 0.15) is 10.4 Å². The summed E-state index contributed by atoms with van der Waals surface area (Å²) in [5, 5.41) is 20.1. The number of rotatable bonds is 8. The molecule has 0 saturated carbocycles. The first-order valence-corrected chi connectivity index (χ1v) is 10.6. The van der Waals surface area contributed by atoms with Gasteiger partial charge in [-0.2, -0.15) is 0 Å². The molecule has 0 aliphatic carbocycles. The SMILES string of the molecule is COCCOC(=O)c1ccc(NSc2cc(-c3cc(F)ccc3O)c(Cl)s2)cc1O. The number of carbonyl (C=O) groups excluding carboxylic acids is 1. The molecule has 0 bridgehead atoms. The van der Waals surface area contributed by atoms with Gasteiger partial charge in [0.15, 0.2) is 0 Å². The molecule has 0 atom stereocenters. The molecule has 0 radical (unpaired) electrons. The first-order chi connectivity index (χ1) is 14.4. The first kappa shape index (κ1) is 22.2. The average Bonchev–Trinajstić information content (AvgIpc) is 3.08. The summed E-state index contributed by atoms with van der Waals surface area (Å²) in [7, 11) is 1.49. The Hall–Kier alpha value is -2.46. The zero-order valence-electron chi connectivity index (χ0n) is 15.6. The zero-order valence-corrected chi connectivity index (χ0v) is 18.0. The summed E-state index contributed by atoms with van der Waals surface area (Å²) in [6, 6.07) is 9.84. The van der Waals surface area contributed by atoms with Crippen LogP contribution in [0.15, 0.2) is 46.7 Å². The molecular formula is C20H17ClFNO5S2. The van der Waals surface area contributed by atoms with Crippen molar-refractivity contribution in [3.05, 3.63) is 58.2 Å². The van der Waals surface area contributed by atoms with E-state index < -0.39 is 11.8 Å². The fourth-order valence-electron chi connectivity index (χ4n) is 2.48. The number of ether oxygens (including phenoxy) is 2. The summed E-state index contributed by atoms with van der Waals surface area (Å²) in [4.78, 5) is 11.9. The molecule has 0 unspecified atom stereocenters. The van der Waals surface area contributed by atoms with Crippen molar-refractivity contribution in [3.8, 4) is 22.6 Å². The number of nitrogens with one attached hydrogen (secondary N) is 1. The number of methoxy groups -OCH3 is 1. The van der Waals surface area contributed by atoms with E-state index in [2.05, 4.69) is 4.72 Å². The van der Waals surface area contributed by atoms with E-state index >= 15 is 0 Å². The van der Waals surface area contributed by atoms with Gasteiger partial charge in [-0.25, -0.2) is 9.18 Å². The minimum atomic E-state index is -0.645. The minimum absolute atomic E-state index is 0.0460.